The summed E-state index contributed by atoms with van der Waals surface area (Å²) in [6, 6.07) is 13.9. The number of hydrogen-bond acceptors (Lipinski definition) is 6. The van der Waals surface area contributed by atoms with Crippen LogP contribution in [-0.4, -0.2) is 10.8 Å². The molecular formula is C14H10N4O2. The van der Waals surface area contributed by atoms with Gasteiger partial charge in [-0.3, -0.25) is 5.43 Å². The predicted octanol–water partition coefficient (Wildman–Crippen LogP) is 2.25. The fraction of sp³-hybridized carbons (Fsp3) is 0.0714. The van der Waals surface area contributed by atoms with Gasteiger partial charge in [-0.05, 0) is 36.4 Å². The molecule has 0 bridgehead atoms. The van der Waals surface area contributed by atoms with Crippen LogP contribution in [0.2, 0.25) is 0 Å². The maximum Gasteiger partial charge on any atom is 0.237 e. The van der Waals surface area contributed by atoms with Crippen LogP contribution >= 0.6 is 0 Å². The van der Waals surface area contributed by atoms with E-state index in [2.05, 4.69) is 10.5 Å². The topological polar surface area (TPSA) is 105 Å². The van der Waals surface area contributed by atoms with Crippen LogP contribution < -0.4 is 5.43 Å². The molecule has 0 aliphatic heterocycles. The molecule has 20 heavy (non-hydrogen) atoms. The molecule has 1 heterocycles. The van der Waals surface area contributed by atoms with Gasteiger partial charge in [-0.2, -0.15) is 15.6 Å². The second-order valence-corrected chi connectivity index (χ2v) is 3.80. The lowest BCUT2D eigenvalue weighted by atomic mass is 10.1. The fourth-order valence-corrected chi connectivity index (χ4v) is 1.52. The van der Waals surface area contributed by atoms with Crippen molar-refractivity contribution in [1.82, 2.24) is 0 Å². The van der Waals surface area contributed by atoms with Gasteiger partial charge < -0.3 is 9.52 Å². The van der Waals surface area contributed by atoms with E-state index >= 15 is 0 Å². The summed E-state index contributed by atoms with van der Waals surface area (Å²) in [4.78, 5) is 0. The number of anilines is 1. The Morgan fingerprint density at radius 3 is 2.40 bits per heavy atom. The Hall–Kier alpha value is -3.09. The van der Waals surface area contributed by atoms with Gasteiger partial charge >= 0.3 is 0 Å². The summed E-state index contributed by atoms with van der Waals surface area (Å²) in [6.07, 6.45) is 0. The average molecular weight is 266 g/mol. The average Bonchev–Trinajstić information content (AvgIpc) is 2.98. The van der Waals surface area contributed by atoms with Crippen molar-refractivity contribution >= 4 is 11.4 Å². The van der Waals surface area contributed by atoms with Crippen molar-refractivity contribution in [2.24, 2.45) is 5.10 Å². The maximum absolute atomic E-state index is 8.94. The number of furan rings is 1. The third-order valence-corrected chi connectivity index (χ3v) is 2.50. The number of rotatable bonds is 4. The molecule has 6 nitrogen and oxygen atoms in total. The molecule has 1 aromatic heterocycles. The highest BCUT2D eigenvalue weighted by atomic mass is 16.4. The maximum atomic E-state index is 8.94. The monoisotopic (exact) mass is 266 g/mol. The normalized spacial score (nSPS) is 9.35. The molecule has 0 aliphatic rings. The largest absolute Gasteiger partial charge is 0.459 e. The second kappa shape index (κ2) is 6.19. The molecule has 2 aromatic rings. The lowest BCUT2D eigenvalue weighted by Gasteiger charge is -2.01. The van der Waals surface area contributed by atoms with Gasteiger partial charge in [0.05, 0.1) is 5.69 Å². The number of nitrogens with zero attached hydrogens (tertiary/aromatic N) is 3. The van der Waals surface area contributed by atoms with Crippen LogP contribution in [0.25, 0.3) is 11.3 Å². The number of nitrogens with one attached hydrogen (secondary N) is 1. The highest BCUT2D eigenvalue weighted by Gasteiger charge is 2.04. The molecule has 0 saturated carbocycles. The summed E-state index contributed by atoms with van der Waals surface area (Å²) in [5.74, 6) is 1.15. The molecule has 1 aromatic carbocycles. The molecule has 0 fully saturated rings. The lowest BCUT2D eigenvalue weighted by molar-refractivity contribution is 0.248. The van der Waals surface area contributed by atoms with Crippen LogP contribution in [0.15, 0.2) is 45.9 Å². The van der Waals surface area contributed by atoms with E-state index in [9.17, 15) is 0 Å². The van der Waals surface area contributed by atoms with E-state index in [4.69, 9.17) is 20.0 Å². The summed E-state index contributed by atoms with van der Waals surface area (Å²) in [5.41, 5.74) is 3.86. The summed E-state index contributed by atoms with van der Waals surface area (Å²) in [7, 11) is 0. The molecule has 0 radical (unpaired) electrons. The Bertz CT molecular complexity index is 686. The van der Waals surface area contributed by atoms with Crippen molar-refractivity contribution in [2.45, 2.75) is 6.61 Å². The van der Waals surface area contributed by atoms with E-state index in [0.29, 0.717) is 17.2 Å². The molecule has 98 valence electrons. The predicted molar refractivity (Wildman–Crippen MR) is 72.4 cm³/mol. The Morgan fingerprint density at radius 1 is 1.15 bits per heavy atom. The minimum absolute atomic E-state index is 0.139. The van der Waals surface area contributed by atoms with Gasteiger partial charge in [0.1, 0.15) is 30.3 Å². The van der Waals surface area contributed by atoms with Crippen LogP contribution in [-0.2, 0) is 6.61 Å². The van der Waals surface area contributed by atoms with E-state index in [0.717, 1.165) is 5.56 Å². The van der Waals surface area contributed by atoms with Crippen molar-refractivity contribution in [2.75, 3.05) is 5.43 Å². The Labute approximate surface area is 115 Å². The molecule has 0 atom stereocenters. The molecular weight excluding hydrogens is 256 g/mol. The summed E-state index contributed by atoms with van der Waals surface area (Å²) < 4.78 is 5.41. The van der Waals surface area contributed by atoms with Crippen molar-refractivity contribution < 1.29 is 9.52 Å². The highest BCUT2D eigenvalue weighted by Crippen LogP contribution is 2.23. The SMILES string of the molecule is N#CC(C#N)=NNc1ccc(-c2ccc(CO)o2)cc1. The number of hydrazone groups is 1. The van der Waals surface area contributed by atoms with Gasteiger partial charge in [0, 0.05) is 5.56 Å². The van der Waals surface area contributed by atoms with Crippen molar-refractivity contribution in [3.05, 3.63) is 42.2 Å². The zero-order chi connectivity index (χ0) is 14.4. The molecule has 0 amide bonds. The number of hydrogen-bond donors (Lipinski definition) is 2. The first-order valence-corrected chi connectivity index (χ1v) is 5.70. The van der Waals surface area contributed by atoms with E-state index in [-0.39, 0.29) is 12.3 Å². The smallest absolute Gasteiger partial charge is 0.237 e. The number of aliphatic hydroxyl groups excluding tert-OH is 1. The number of benzene rings is 1. The van der Waals surface area contributed by atoms with E-state index < -0.39 is 0 Å². The molecule has 0 unspecified atom stereocenters. The minimum Gasteiger partial charge on any atom is -0.459 e. The van der Waals surface area contributed by atoms with Crippen LogP contribution in [0, 0.1) is 22.7 Å². The Balaban J connectivity index is 2.13. The second-order valence-electron chi connectivity index (χ2n) is 3.80. The van der Waals surface area contributed by atoms with E-state index in [1.807, 2.05) is 0 Å². The zero-order valence-corrected chi connectivity index (χ0v) is 10.4. The van der Waals surface area contributed by atoms with Crippen LogP contribution in [0.1, 0.15) is 5.76 Å². The molecule has 0 spiro atoms. The van der Waals surface area contributed by atoms with Crippen LogP contribution in [0.5, 0.6) is 0 Å². The Morgan fingerprint density at radius 2 is 1.85 bits per heavy atom. The molecule has 0 aliphatic carbocycles. The third-order valence-electron chi connectivity index (χ3n) is 2.50. The van der Waals surface area contributed by atoms with E-state index in [1.54, 1.807) is 48.5 Å². The van der Waals surface area contributed by atoms with Crippen molar-refractivity contribution in [3.63, 3.8) is 0 Å². The fourth-order valence-electron chi connectivity index (χ4n) is 1.52. The molecule has 0 saturated heterocycles. The standard InChI is InChI=1S/C14H10N4O2/c15-7-12(8-16)18-17-11-3-1-10(2-4-11)14-6-5-13(9-19)20-14/h1-6,17,19H,9H2. The van der Waals surface area contributed by atoms with Crippen LogP contribution in [0.4, 0.5) is 5.69 Å². The first-order valence-electron chi connectivity index (χ1n) is 5.70. The summed E-state index contributed by atoms with van der Waals surface area (Å²) >= 11 is 0. The Kier molecular flexibility index (Phi) is 4.13. The van der Waals surface area contributed by atoms with Gasteiger partial charge in [-0.15, -0.1) is 0 Å². The van der Waals surface area contributed by atoms with Crippen molar-refractivity contribution in [1.29, 1.82) is 10.5 Å². The van der Waals surface area contributed by atoms with Crippen molar-refractivity contribution in [3.8, 4) is 23.5 Å². The molecule has 2 rings (SSSR count). The highest BCUT2D eigenvalue weighted by molar-refractivity contribution is 6.10. The van der Waals surface area contributed by atoms with Gasteiger partial charge in [-0.1, -0.05) is 0 Å². The minimum atomic E-state index is -0.243. The summed E-state index contributed by atoms with van der Waals surface area (Å²) in [5, 5.41) is 29.7. The lowest BCUT2D eigenvalue weighted by Crippen LogP contribution is -1.95. The van der Waals surface area contributed by atoms with Crippen LogP contribution in [0.3, 0.4) is 0 Å². The number of nitriles is 2. The van der Waals surface area contributed by atoms with Gasteiger partial charge in [0.25, 0.3) is 0 Å². The first kappa shape index (κ1) is 13.3. The van der Waals surface area contributed by atoms with E-state index in [1.165, 1.54) is 0 Å². The molecule has 6 heteroatoms. The quantitative estimate of drug-likeness (QED) is 0.652. The summed E-state index contributed by atoms with van der Waals surface area (Å²) in [6.45, 7) is -0.139. The first-order chi connectivity index (χ1) is 9.76. The molecule has 2 N–H and O–H groups in total. The van der Waals surface area contributed by atoms with Gasteiger partial charge in [0.2, 0.25) is 5.71 Å². The third kappa shape index (κ3) is 3.02. The number of aliphatic hydroxyl groups is 1. The zero-order valence-electron chi connectivity index (χ0n) is 10.4. The van der Waals surface area contributed by atoms with Gasteiger partial charge in [-0.25, -0.2) is 0 Å². The van der Waals surface area contributed by atoms with Gasteiger partial charge in [0.15, 0.2) is 0 Å².